The molecule has 2 rings (SSSR count). The molecule has 1 heterocycles. The first-order valence-electron chi connectivity index (χ1n) is 7.49. The van der Waals surface area contributed by atoms with E-state index < -0.39 is 5.54 Å². The highest BCUT2D eigenvalue weighted by molar-refractivity contribution is 5.85. The smallest absolute Gasteiger partial charge is 0.237 e. The molecule has 5 nitrogen and oxygen atoms in total. The van der Waals surface area contributed by atoms with Crippen LogP contribution in [0.3, 0.4) is 0 Å². The SMILES string of the molecule is CNC1(C(N)=O)CCC(N(C)CCN2CCCC2)C1. The van der Waals surface area contributed by atoms with Crippen LogP contribution in [0.4, 0.5) is 0 Å². The molecule has 2 unspecified atom stereocenters. The van der Waals surface area contributed by atoms with Gasteiger partial charge in [-0.15, -0.1) is 0 Å². The van der Waals surface area contributed by atoms with Crippen molar-refractivity contribution in [3.05, 3.63) is 0 Å². The Labute approximate surface area is 116 Å². The van der Waals surface area contributed by atoms with Crippen molar-refractivity contribution in [3.63, 3.8) is 0 Å². The molecule has 0 aromatic heterocycles. The average Bonchev–Trinajstić information content (AvgIpc) is 3.05. The third-order valence-corrected chi connectivity index (χ3v) is 5.03. The van der Waals surface area contributed by atoms with E-state index in [1.807, 2.05) is 7.05 Å². The average molecular weight is 268 g/mol. The summed E-state index contributed by atoms with van der Waals surface area (Å²) in [6.45, 7) is 4.74. The van der Waals surface area contributed by atoms with E-state index in [1.165, 1.54) is 25.9 Å². The standard InChI is InChI=1S/C14H28N4O/c1-16-14(13(15)19)6-5-12(11-14)17(2)9-10-18-7-3-4-8-18/h12,16H,3-11H2,1-2H3,(H2,15,19). The van der Waals surface area contributed by atoms with Crippen LogP contribution >= 0.6 is 0 Å². The van der Waals surface area contributed by atoms with E-state index in [0.717, 1.165) is 32.4 Å². The molecule has 1 aliphatic heterocycles. The molecule has 19 heavy (non-hydrogen) atoms. The van der Waals surface area contributed by atoms with Gasteiger partial charge in [-0.1, -0.05) is 0 Å². The van der Waals surface area contributed by atoms with Gasteiger partial charge in [-0.25, -0.2) is 0 Å². The van der Waals surface area contributed by atoms with E-state index in [-0.39, 0.29) is 5.91 Å². The Morgan fingerprint density at radius 2 is 2.16 bits per heavy atom. The number of nitrogens with two attached hydrogens (primary N) is 1. The molecule has 0 bridgehead atoms. The van der Waals surface area contributed by atoms with Crippen LogP contribution in [0.2, 0.25) is 0 Å². The number of likely N-dealkylation sites (N-methyl/N-ethyl adjacent to an activating group) is 2. The monoisotopic (exact) mass is 268 g/mol. The molecule has 0 radical (unpaired) electrons. The number of hydrogen-bond donors (Lipinski definition) is 2. The van der Waals surface area contributed by atoms with Crippen LogP contribution < -0.4 is 11.1 Å². The van der Waals surface area contributed by atoms with Gasteiger partial charge in [-0.3, -0.25) is 4.79 Å². The largest absolute Gasteiger partial charge is 0.368 e. The van der Waals surface area contributed by atoms with Crippen molar-refractivity contribution in [3.8, 4) is 0 Å². The lowest BCUT2D eigenvalue weighted by Gasteiger charge is -2.29. The number of rotatable bonds is 6. The maximum absolute atomic E-state index is 11.6. The fourth-order valence-electron chi connectivity index (χ4n) is 3.46. The summed E-state index contributed by atoms with van der Waals surface area (Å²) < 4.78 is 0. The molecule has 0 spiro atoms. The third kappa shape index (κ3) is 3.27. The molecule has 2 aliphatic rings. The summed E-state index contributed by atoms with van der Waals surface area (Å²) in [4.78, 5) is 16.6. The number of carbonyl (C=O) groups is 1. The van der Waals surface area contributed by atoms with Crippen LogP contribution in [-0.4, -0.2) is 67.6 Å². The predicted octanol–water partition coefficient (Wildman–Crippen LogP) is 0.0100. The Morgan fingerprint density at radius 1 is 1.47 bits per heavy atom. The van der Waals surface area contributed by atoms with Gasteiger partial charge in [0.2, 0.25) is 5.91 Å². The van der Waals surface area contributed by atoms with Crippen LogP contribution in [0, 0.1) is 0 Å². The molecule has 5 heteroatoms. The highest BCUT2D eigenvalue weighted by atomic mass is 16.1. The Balaban J connectivity index is 1.80. The zero-order valence-electron chi connectivity index (χ0n) is 12.3. The fraction of sp³-hybridized carbons (Fsp3) is 0.929. The number of nitrogens with one attached hydrogen (secondary N) is 1. The molecule has 1 amide bonds. The van der Waals surface area contributed by atoms with E-state index in [1.54, 1.807) is 0 Å². The second kappa shape index (κ2) is 6.20. The second-order valence-electron chi connectivity index (χ2n) is 6.12. The first kappa shape index (κ1) is 14.8. The summed E-state index contributed by atoms with van der Waals surface area (Å²) in [6, 6.07) is 0.475. The van der Waals surface area contributed by atoms with Crippen LogP contribution in [0.1, 0.15) is 32.1 Å². The van der Waals surface area contributed by atoms with Gasteiger partial charge < -0.3 is 20.9 Å². The lowest BCUT2D eigenvalue weighted by Crippen LogP contribution is -2.53. The van der Waals surface area contributed by atoms with Crippen molar-refractivity contribution in [1.29, 1.82) is 0 Å². The molecule has 110 valence electrons. The minimum Gasteiger partial charge on any atom is -0.368 e. The van der Waals surface area contributed by atoms with E-state index in [2.05, 4.69) is 22.2 Å². The number of nitrogens with zero attached hydrogens (tertiary/aromatic N) is 2. The van der Waals surface area contributed by atoms with E-state index in [0.29, 0.717) is 6.04 Å². The molecule has 2 atom stereocenters. The molecular formula is C14H28N4O. The first-order valence-corrected chi connectivity index (χ1v) is 7.49. The van der Waals surface area contributed by atoms with Gasteiger partial charge in [-0.05, 0) is 59.3 Å². The van der Waals surface area contributed by atoms with Crippen molar-refractivity contribution in [1.82, 2.24) is 15.1 Å². The van der Waals surface area contributed by atoms with E-state index >= 15 is 0 Å². The molecular weight excluding hydrogens is 240 g/mol. The normalized spacial score (nSPS) is 32.3. The third-order valence-electron chi connectivity index (χ3n) is 5.03. The summed E-state index contributed by atoms with van der Waals surface area (Å²) in [5.41, 5.74) is 5.07. The van der Waals surface area contributed by atoms with Crippen LogP contribution in [0.15, 0.2) is 0 Å². The molecule has 3 N–H and O–H groups in total. The lowest BCUT2D eigenvalue weighted by atomic mass is 9.96. The highest BCUT2D eigenvalue weighted by Crippen LogP contribution is 2.32. The number of hydrogen-bond acceptors (Lipinski definition) is 4. The zero-order chi connectivity index (χ0) is 13.9. The van der Waals surface area contributed by atoms with Crippen molar-refractivity contribution in [2.24, 2.45) is 5.73 Å². The van der Waals surface area contributed by atoms with Crippen LogP contribution in [0.5, 0.6) is 0 Å². The number of carbonyl (C=O) groups excluding carboxylic acids is 1. The second-order valence-corrected chi connectivity index (χ2v) is 6.12. The Hall–Kier alpha value is -0.650. The molecule has 1 saturated heterocycles. The topological polar surface area (TPSA) is 61.6 Å². The zero-order valence-corrected chi connectivity index (χ0v) is 12.3. The van der Waals surface area contributed by atoms with E-state index in [4.69, 9.17) is 5.73 Å². The van der Waals surface area contributed by atoms with Crippen molar-refractivity contribution in [2.75, 3.05) is 40.3 Å². The van der Waals surface area contributed by atoms with Gasteiger partial charge in [0.15, 0.2) is 0 Å². The number of amides is 1. The summed E-state index contributed by atoms with van der Waals surface area (Å²) in [7, 11) is 4.02. The van der Waals surface area contributed by atoms with Crippen molar-refractivity contribution < 1.29 is 4.79 Å². The molecule has 0 aromatic carbocycles. The summed E-state index contributed by atoms with van der Waals surface area (Å²) in [6.07, 6.45) is 5.45. The Bertz CT molecular complexity index is 317. The van der Waals surface area contributed by atoms with Crippen molar-refractivity contribution in [2.45, 2.75) is 43.7 Å². The van der Waals surface area contributed by atoms with Crippen LogP contribution in [-0.2, 0) is 4.79 Å². The maximum Gasteiger partial charge on any atom is 0.237 e. The lowest BCUT2D eigenvalue weighted by molar-refractivity contribution is -0.124. The molecule has 1 aliphatic carbocycles. The predicted molar refractivity (Wildman–Crippen MR) is 76.9 cm³/mol. The maximum atomic E-state index is 11.6. The van der Waals surface area contributed by atoms with Crippen molar-refractivity contribution >= 4 is 5.91 Å². The van der Waals surface area contributed by atoms with Gasteiger partial charge in [0.1, 0.15) is 0 Å². The number of likely N-dealkylation sites (tertiary alicyclic amines) is 1. The first-order chi connectivity index (χ1) is 9.07. The van der Waals surface area contributed by atoms with Crippen LogP contribution in [0.25, 0.3) is 0 Å². The quantitative estimate of drug-likeness (QED) is 0.712. The van der Waals surface area contributed by atoms with Gasteiger partial charge in [0.05, 0.1) is 5.54 Å². The minimum atomic E-state index is -0.480. The van der Waals surface area contributed by atoms with Gasteiger partial charge in [0, 0.05) is 19.1 Å². The highest BCUT2D eigenvalue weighted by Gasteiger charge is 2.43. The number of primary amides is 1. The Morgan fingerprint density at radius 3 is 2.68 bits per heavy atom. The molecule has 0 aromatic rings. The minimum absolute atomic E-state index is 0.203. The van der Waals surface area contributed by atoms with Gasteiger partial charge >= 0.3 is 0 Å². The summed E-state index contributed by atoms with van der Waals surface area (Å²) in [5, 5.41) is 3.15. The fourth-order valence-corrected chi connectivity index (χ4v) is 3.46. The summed E-state index contributed by atoms with van der Waals surface area (Å²) >= 11 is 0. The van der Waals surface area contributed by atoms with Gasteiger partial charge in [-0.2, -0.15) is 0 Å². The Kier molecular flexibility index (Phi) is 4.81. The van der Waals surface area contributed by atoms with E-state index in [9.17, 15) is 4.79 Å². The molecule has 1 saturated carbocycles. The molecule has 2 fully saturated rings. The summed E-state index contributed by atoms with van der Waals surface area (Å²) in [5.74, 6) is -0.203. The van der Waals surface area contributed by atoms with Gasteiger partial charge in [0.25, 0.3) is 0 Å².